The molecule has 2 aliphatic carbocycles. The first kappa shape index (κ1) is 28.6. The molecule has 2 saturated carbocycles. The van der Waals surface area contributed by atoms with Crippen molar-refractivity contribution < 1.29 is 28.7 Å². The van der Waals surface area contributed by atoms with Crippen molar-refractivity contribution in [2.75, 3.05) is 14.1 Å². The molecule has 3 fully saturated rings. The van der Waals surface area contributed by atoms with Crippen LogP contribution in [0.2, 0.25) is 0 Å². The third-order valence-corrected chi connectivity index (χ3v) is 8.45. The van der Waals surface area contributed by atoms with E-state index < -0.39 is 29.2 Å². The molecule has 218 valence electrons. The van der Waals surface area contributed by atoms with Gasteiger partial charge in [0.25, 0.3) is 0 Å². The Labute approximate surface area is 241 Å². The molecule has 5 atom stereocenters. The van der Waals surface area contributed by atoms with Gasteiger partial charge in [-0.3, -0.25) is 9.59 Å². The van der Waals surface area contributed by atoms with Crippen molar-refractivity contribution in [1.82, 2.24) is 15.1 Å². The second-order valence-corrected chi connectivity index (χ2v) is 12.8. The first-order chi connectivity index (χ1) is 19.4. The lowest BCUT2D eigenvalue weighted by molar-refractivity contribution is -0.159. The normalized spacial score (nSPS) is 25.1. The van der Waals surface area contributed by atoms with E-state index in [1.807, 2.05) is 30.3 Å². The number of nitrogens with one attached hydrogen (secondary N) is 1. The summed E-state index contributed by atoms with van der Waals surface area (Å²) in [5.74, 6) is -0.316. The summed E-state index contributed by atoms with van der Waals surface area (Å²) < 4.78 is 11.0. The number of carbonyl (C=O) groups is 4. The predicted molar refractivity (Wildman–Crippen MR) is 152 cm³/mol. The quantitative estimate of drug-likeness (QED) is 0.490. The van der Waals surface area contributed by atoms with Crippen LogP contribution in [0, 0.1) is 17.8 Å². The van der Waals surface area contributed by atoms with Crippen LogP contribution in [0.4, 0.5) is 4.79 Å². The third kappa shape index (κ3) is 5.67. The zero-order valence-electron chi connectivity index (χ0n) is 24.4. The van der Waals surface area contributed by atoms with Gasteiger partial charge in [0, 0.05) is 38.9 Å². The second kappa shape index (κ2) is 10.8. The smallest absolute Gasteiger partial charge is 0.414 e. The molecule has 9 nitrogen and oxygen atoms in total. The molecule has 9 heteroatoms. The minimum Gasteiger partial charge on any atom is -0.458 e. The third-order valence-electron chi connectivity index (χ3n) is 8.45. The van der Waals surface area contributed by atoms with E-state index in [1.54, 1.807) is 64.0 Å². The molecule has 5 rings (SSSR count). The maximum atomic E-state index is 14.3. The molecule has 2 aromatic carbocycles. The van der Waals surface area contributed by atoms with Crippen molar-refractivity contribution in [3.05, 3.63) is 65.7 Å². The number of amides is 3. The Morgan fingerprint density at radius 3 is 2.32 bits per heavy atom. The SMILES string of the molecule is CN(C)C(=O)Oc1ccc(C[C@H](NC(=O)C23CC4CC(C(=O)N2Cc2ccccc2)C3C4)C(=O)OC(C)(C)C)cc1. The highest BCUT2D eigenvalue weighted by Crippen LogP contribution is 2.62. The first-order valence-electron chi connectivity index (χ1n) is 14.2. The van der Waals surface area contributed by atoms with Crippen LogP contribution in [0.15, 0.2) is 54.6 Å². The van der Waals surface area contributed by atoms with E-state index >= 15 is 0 Å². The van der Waals surface area contributed by atoms with Crippen molar-refractivity contribution in [3.63, 3.8) is 0 Å². The van der Waals surface area contributed by atoms with Crippen LogP contribution in [-0.4, -0.2) is 65.0 Å². The first-order valence-corrected chi connectivity index (χ1v) is 14.2. The molecule has 1 N–H and O–H groups in total. The summed E-state index contributed by atoms with van der Waals surface area (Å²) in [4.78, 5) is 56.3. The van der Waals surface area contributed by atoms with Gasteiger partial charge in [-0.05, 0) is 69.2 Å². The molecule has 1 saturated heterocycles. The van der Waals surface area contributed by atoms with Gasteiger partial charge in [0.2, 0.25) is 11.8 Å². The minimum absolute atomic E-state index is 0.0330. The summed E-state index contributed by atoms with van der Waals surface area (Å²) in [6.07, 6.45) is 1.96. The van der Waals surface area contributed by atoms with Crippen LogP contribution >= 0.6 is 0 Å². The largest absolute Gasteiger partial charge is 0.458 e. The topological polar surface area (TPSA) is 105 Å². The minimum atomic E-state index is -0.981. The zero-order chi connectivity index (χ0) is 29.5. The van der Waals surface area contributed by atoms with Gasteiger partial charge in [-0.1, -0.05) is 42.5 Å². The zero-order valence-corrected chi connectivity index (χ0v) is 24.4. The van der Waals surface area contributed by atoms with Gasteiger partial charge in [0.05, 0.1) is 0 Å². The van der Waals surface area contributed by atoms with Crippen molar-refractivity contribution in [2.45, 2.75) is 70.2 Å². The molecule has 0 spiro atoms. The maximum Gasteiger partial charge on any atom is 0.414 e. The number of esters is 1. The number of hydrogen-bond donors (Lipinski definition) is 1. The lowest BCUT2D eigenvalue weighted by Crippen LogP contribution is -2.61. The Kier molecular flexibility index (Phi) is 7.57. The summed E-state index contributed by atoms with van der Waals surface area (Å²) in [5.41, 5.74) is 0.00244. The Morgan fingerprint density at radius 2 is 1.71 bits per heavy atom. The molecule has 3 amide bonds. The van der Waals surface area contributed by atoms with Gasteiger partial charge in [-0.2, -0.15) is 0 Å². The lowest BCUT2D eigenvalue weighted by atomic mass is 9.77. The van der Waals surface area contributed by atoms with Gasteiger partial charge in [0.1, 0.15) is 22.9 Å². The Balaban J connectivity index is 1.39. The lowest BCUT2D eigenvalue weighted by Gasteiger charge is -2.39. The van der Waals surface area contributed by atoms with E-state index in [0.717, 1.165) is 24.0 Å². The number of benzene rings is 2. The van der Waals surface area contributed by atoms with Gasteiger partial charge in [-0.25, -0.2) is 9.59 Å². The van der Waals surface area contributed by atoms with Gasteiger partial charge in [0.15, 0.2) is 0 Å². The molecular weight excluding hydrogens is 522 g/mol. The molecule has 2 bridgehead atoms. The average Bonchev–Trinajstić information content (AvgIpc) is 3.54. The molecule has 1 aliphatic heterocycles. The Morgan fingerprint density at radius 1 is 1.02 bits per heavy atom. The van der Waals surface area contributed by atoms with E-state index in [4.69, 9.17) is 9.47 Å². The molecule has 2 aromatic rings. The van der Waals surface area contributed by atoms with Crippen LogP contribution < -0.4 is 10.1 Å². The summed E-state index contributed by atoms with van der Waals surface area (Å²) in [6, 6.07) is 15.6. The monoisotopic (exact) mass is 561 g/mol. The molecule has 3 aliphatic rings. The Hall–Kier alpha value is -3.88. The van der Waals surface area contributed by atoms with Crippen LogP contribution in [0.5, 0.6) is 5.75 Å². The fourth-order valence-corrected chi connectivity index (χ4v) is 6.75. The number of carbonyl (C=O) groups excluding carboxylic acids is 4. The second-order valence-electron chi connectivity index (χ2n) is 12.8. The van der Waals surface area contributed by atoms with Gasteiger partial charge in [-0.15, -0.1) is 0 Å². The van der Waals surface area contributed by atoms with Crippen LogP contribution in [0.1, 0.15) is 51.2 Å². The fraction of sp³-hybridized carbons (Fsp3) is 0.500. The number of rotatable bonds is 8. The molecule has 4 unspecified atom stereocenters. The molecule has 1 heterocycles. The van der Waals surface area contributed by atoms with Crippen molar-refractivity contribution in [1.29, 1.82) is 0 Å². The van der Waals surface area contributed by atoms with E-state index in [9.17, 15) is 19.2 Å². The van der Waals surface area contributed by atoms with Crippen molar-refractivity contribution in [2.24, 2.45) is 17.8 Å². The van der Waals surface area contributed by atoms with Crippen LogP contribution in [0.25, 0.3) is 0 Å². The summed E-state index contributed by atoms with van der Waals surface area (Å²) >= 11 is 0. The highest BCUT2D eigenvalue weighted by atomic mass is 16.6. The fourth-order valence-electron chi connectivity index (χ4n) is 6.75. The van der Waals surface area contributed by atoms with Gasteiger partial charge < -0.3 is 24.6 Å². The van der Waals surface area contributed by atoms with Crippen molar-refractivity contribution >= 4 is 23.9 Å². The van der Waals surface area contributed by atoms with Crippen molar-refractivity contribution in [3.8, 4) is 5.75 Å². The number of nitrogens with zero attached hydrogens (tertiary/aromatic N) is 2. The molecular formula is C32H39N3O6. The van der Waals surface area contributed by atoms with E-state index in [0.29, 0.717) is 24.6 Å². The van der Waals surface area contributed by atoms with Crippen LogP contribution in [0.3, 0.4) is 0 Å². The number of ether oxygens (including phenoxy) is 2. The summed E-state index contributed by atoms with van der Waals surface area (Å²) in [7, 11) is 3.20. The van der Waals surface area contributed by atoms with E-state index in [2.05, 4.69) is 5.32 Å². The maximum absolute atomic E-state index is 14.3. The predicted octanol–water partition coefficient (Wildman–Crippen LogP) is 3.94. The standard InChI is InChI=1S/C32H39N3O6/c1-31(2,3)41-28(37)26(17-20-11-13-23(14-12-20)40-30(39)34(4)5)33-29(38)32-18-22-15-24(25(32)16-22)27(36)35(32)19-21-9-7-6-8-10-21/h6-14,22,24-26H,15-19H2,1-5H3,(H,33,38)/t22?,24?,25?,26-,32?/m0/s1. The van der Waals surface area contributed by atoms with E-state index in [-0.39, 0.29) is 30.1 Å². The summed E-state index contributed by atoms with van der Waals surface area (Å²) in [6.45, 7) is 5.72. The summed E-state index contributed by atoms with van der Waals surface area (Å²) in [5, 5.41) is 3.03. The van der Waals surface area contributed by atoms with Crippen LogP contribution in [-0.2, 0) is 32.1 Å². The molecule has 41 heavy (non-hydrogen) atoms. The Bertz CT molecular complexity index is 1320. The number of fused-ring (bicyclic) bond motifs is 1. The van der Waals surface area contributed by atoms with Gasteiger partial charge >= 0.3 is 12.1 Å². The molecule has 0 radical (unpaired) electrons. The number of hydrogen-bond acceptors (Lipinski definition) is 6. The average molecular weight is 562 g/mol. The van der Waals surface area contributed by atoms with E-state index in [1.165, 1.54) is 4.90 Å². The molecule has 0 aromatic heterocycles. The highest BCUT2D eigenvalue weighted by Gasteiger charge is 2.70. The highest BCUT2D eigenvalue weighted by molar-refractivity contribution is 5.99. The number of likely N-dealkylation sites (tertiary alicyclic amines) is 1.